The van der Waals surface area contributed by atoms with E-state index in [0.717, 1.165) is 18.2 Å². The van der Waals surface area contributed by atoms with Crippen LogP contribution in [0, 0.1) is 0 Å². The molecule has 0 unspecified atom stereocenters. The lowest BCUT2D eigenvalue weighted by Gasteiger charge is -2.27. The quantitative estimate of drug-likeness (QED) is 0.734. The number of quaternary nitrogens is 1. The van der Waals surface area contributed by atoms with Gasteiger partial charge in [0.15, 0.2) is 0 Å². The van der Waals surface area contributed by atoms with Gasteiger partial charge >= 0.3 is 0 Å². The van der Waals surface area contributed by atoms with Gasteiger partial charge in [-0.15, -0.1) is 5.10 Å². The van der Waals surface area contributed by atoms with Gasteiger partial charge in [0, 0.05) is 0 Å². The first-order valence-electron chi connectivity index (χ1n) is 5.60. The van der Waals surface area contributed by atoms with Crippen molar-refractivity contribution in [1.29, 1.82) is 0 Å². The standard InChI is InChI=1S/C10H20N4S2/c1-7(2)14(8(3)4)6-5-11-9-12-13-10(15)16-9/h7-8H,5-6H2,1-4H3,(H,11,12)(H,13,15). The van der Waals surface area contributed by atoms with Crippen LogP contribution in [-0.4, -0.2) is 35.4 Å². The second-order valence-corrected chi connectivity index (χ2v) is 6.06. The summed E-state index contributed by atoms with van der Waals surface area (Å²) in [6.45, 7) is 11.0. The Kier molecular flexibility index (Phi) is 5.37. The maximum Gasteiger partial charge on any atom is 0.110 e. The van der Waals surface area contributed by atoms with E-state index in [1.165, 1.54) is 11.3 Å². The van der Waals surface area contributed by atoms with Crippen LogP contribution >= 0.6 is 11.3 Å². The fourth-order valence-corrected chi connectivity index (χ4v) is 2.62. The second kappa shape index (κ2) is 6.32. The molecule has 0 bridgehead atoms. The van der Waals surface area contributed by atoms with Crippen LogP contribution in [0.3, 0.4) is 0 Å². The molecule has 0 amide bonds. The smallest absolute Gasteiger partial charge is 0.110 e. The van der Waals surface area contributed by atoms with Crippen molar-refractivity contribution in [1.82, 2.24) is 10.2 Å². The topological polar surface area (TPSA) is 42.2 Å². The normalized spacial score (nSPS) is 11.7. The molecule has 0 radical (unpaired) electrons. The Morgan fingerprint density at radius 1 is 1.25 bits per heavy atom. The van der Waals surface area contributed by atoms with Crippen molar-refractivity contribution < 1.29 is 4.90 Å². The summed E-state index contributed by atoms with van der Waals surface area (Å²) in [6, 6.07) is 1.29. The highest BCUT2D eigenvalue weighted by Gasteiger charge is 2.15. The van der Waals surface area contributed by atoms with Crippen LogP contribution in [0.5, 0.6) is 0 Å². The first-order valence-corrected chi connectivity index (χ1v) is 6.83. The van der Waals surface area contributed by atoms with Crippen molar-refractivity contribution in [2.75, 3.05) is 18.4 Å². The van der Waals surface area contributed by atoms with Gasteiger partial charge in [0.25, 0.3) is 0 Å². The molecule has 0 atom stereocenters. The third-order valence-corrected chi connectivity index (χ3v) is 3.59. The van der Waals surface area contributed by atoms with Crippen LogP contribution in [-0.2, 0) is 12.6 Å². The lowest BCUT2D eigenvalue weighted by molar-refractivity contribution is -0.940. The van der Waals surface area contributed by atoms with Gasteiger partial charge in [-0.3, -0.25) is 0 Å². The summed E-state index contributed by atoms with van der Waals surface area (Å²) in [5.74, 6) is 0. The number of hydrogen-bond donors (Lipinski definition) is 2. The second-order valence-electron chi connectivity index (χ2n) is 4.43. The number of rotatable bonds is 6. The maximum atomic E-state index is 4.92. The Morgan fingerprint density at radius 3 is 2.31 bits per heavy atom. The van der Waals surface area contributed by atoms with Crippen LogP contribution in [0.1, 0.15) is 27.7 Å². The zero-order valence-corrected chi connectivity index (χ0v) is 11.9. The Labute approximate surface area is 107 Å². The summed E-state index contributed by atoms with van der Waals surface area (Å²) >= 11 is 6.35. The number of anilines is 1. The summed E-state index contributed by atoms with van der Waals surface area (Å²) in [5, 5.41) is 11.8. The Balaban J connectivity index is 2.33. The Hall–Kier alpha value is -0.460. The van der Waals surface area contributed by atoms with Gasteiger partial charge < -0.3 is 34.2 Å². The minimum Gasteiger partial charge on any atom is -0.406 e. The molecule has 1 aromatic heterocycles. The van der Waals surface area contributed by atoms with Gasteiger partial charge in [0.2, 0.25) is 0 Å². The third-order valence-electron chi connectivity index (χ3n) is 2.58. The zero-order valence-electron chi connectivity index (χ0n) is 10.3. The molecule has 92 valence electrons. The van der Waals surface area contributed by atoms with E-state index in [0.29, 0.717) is 16.4 Å². The average Bonchev–Trinajstić information content (AvgIpc) is 2.57. The summed E-state index contributed by atoms with van der Waals surface area (Å²) in [4.78, 5) is 1.59. The molecule has 6 heteroatoms. The van der Waals surface area contributed by atoms with Crippen LogP contribution in [0.25, 0.3) is 0 Å². The van der Waals surface area contributed by atoms with Gasteiger partial charge in [-0.25, -0.2) is 0 Å². The van der Waals surface area contributed by atoms with E-state index in [4.69, 9.17) is 12.6 Å². The molecular formula is C10H20N4S2. The van der Waals surface area contributed by atoms with E-state index >= 15 is 0 Å². The van der Waals surface area contributed by atoms with Crippen LogP contribution in [0.15, 0.2) is 4.34 Å². The molecule has 0 aliphatic heterocycles. The average molecular weight is 260 g/mol. The van der Waals surface area contributed by atoms with Gasteiger partial charge in [0.1, 0.15) is 5.13 Å². The highest BCUT2D eigenvalue weighted by atomic mass is 32.2. The molecule has 1 rings (SSSR count). The van der Waals surface area contributed by atoms with E-state index in [1.54, 1.807) is 4.90 Å². The van der Waals surface area contributed by atoms with Gasteiger partial charge in [0.05, 0.1) is 25.2 Å². The minimum atomic E-state index is 0.597. The lowest BCUT2D eigenvalue weighted by atomic mass is 10.2. The van der Waals surface area contributed by atoms with Crippen molar-refractivity contribution in [2.45, 2.75) is 44.1 Å². The summed E-state index contributed by atoms with van der Waals surface area (Å²) in [7, 11) is 0. The third kappa shape index (κ3) is 4.19. The molecule has 0 fully saturated rings. The summed E-state index contributed by atoms with van der Waals surface area (Å²) < 4.78 is 0.597. The van der Waals surface area contributed by atoms with Crippen molar-refractivity contribution in [2.24, 2.45) is 0 Å². The van der Waals surface area contributed by atoms with Crippen molar-refractivity contribution >= 4 is 29.1 Å². The number of aromatic nitrogens is 2. The zero-order chi connectivity index (χ0) is 12.1. The number of nitrogens with one attached hydrogen (secondary N) is 2. The Bertz CT molecular complexity index is 304. The summed E-state index contributed by atoms with van der Waals surface area (Å²) in [5.41, 5.74) is 0. The highest BCUT2D eigenvalue weighted by Crippen LogP contribution is 2.12. The molecular weight excluding hydrogens is 240 g/mol. The van der Waals surface area contributed by atoms with E-state index in [1.807, 2.05) is 0 Å². The predicted octanol–water partition coefficient (Wildman–Crippen LogP) is 0.557. The maximum absolute atomic E-state index is 4.92. The lowest BCUT2D eigenvalue weighted by Crippen LogP contribution is -3.18. The van der Waals surface area contributed by atoms with Gasteiger partial charge in [-0.05, 0) is 32.0 Å². The molecule has 1 aromatic rings. The monoisotopic (exact) mass is 260 g/mol. The van der Waals surface area contributed by atoms with Crippen LogP contribution in [0.4, 0.5) is 5.13 Å². The SMILES string of the molecule is CC(C)[NH+](CCNc1nnc([S-])s1)C(C)C. The Morgan fingerprint density at radius 2 is 1.88 bits per heavy atom. The minimum absolute atomic E-state index is 0.597. The molecule has 1 heterocycles. The van der Waals surface area contributed by atoms with Gasteiger partial charge in [-0.2, -0.15) is 5.10 Å². The molecule has 4 nitrogen and oxygen atoms in total. The molecule has 0 saturated carbocycles. The van der Waals surface area contributed by atoms with Crippen LogP contribution < -0.4 is 10.2 Å². The molecule has 0 aliphatic rings. The molecule has 0 aliphatic carbocycles. The molecule has 0 spiro atoms. The van der Waals surface area contributed by atoms with Crippen LogP contribution in [0.2, 0.25) is 0 Å². The van der Waals surface area contributed by atoms with E-state index in [-0.39, 0.29) is 0 Å². The highest BCUT2D eigenvalue weighted by molar-refractivity contribution is 7.62. The molecule has 16 heavy (non-hydrogen) atoms. The first-order chi connectivity index (χ1) is 7.50. The molecule has 2 N–H and O–H groups in total. The van der Waals surface area contributed by atoms with Crippen molar-refractivity contribution in [3.05, 3.63) is 0 Å². The summed E-state index contributed by atoms with van der Waals surface area (Å²) in [6.07, 6.45) is 0. The number of nitrogens with zero attached hydrogens (tertiary/aromatic N) is 2. The van der Waals surface area contributed by atoms with Crippen molar-refractivity contribution in [3.8, 4) is 0 Å². The fourth-order valence-electron chi connectivity index (χ4n) is 1.84. The van der Waals surface area contributed by atoms with E-state index in [2.05, 4.69) is 43.2 Å². The first kappa shape index (κ1) is 13.6. The van der Waals surface area contributed by atoms with E-state index < -0.39 is 0 Å². The molecule has 0 saturated heterocycles. The number of hydrogen-bond acceptors (Lipinski definition) is 5. The van der Waals surface area contributed by atoms with Crippen molar-refractivity contribution in [3.63, 3.8) is 0 Å². The predicted molar refractivity (Wildman–Crippen MR) is 70.1 cm³/mol. The van der Waals surface area contributed by atoms with Gasteiger partial charge in [-0.1, -0.05) is 0 Å². The fraction of sp³-hybridized carbons (Fsp3) is 0.800. The largest absolute Gasteiger partial charge is 0.406 e. The molecule has 0 aromatic carbocycles. The van der Waals surface area contributed by atoms with E-state index in [9.17, 15) is 0 Å².